The summed E-state index contributed by atoms with van der Waals surface area (Å²) in [6.07, 6.45) is 1.31. The minimum absolute atomic E-state index is 0.0299. The SMILES string of the molecule is CC(=O)c1ccc(N/C=C(/C#N)C(=O)Nc2ccc(N)cc2)cc1. The molecule has 2 rings (SSSR count). The van der Waals surface area contributed by atoms with Crippen LogP contribution in [0.1, 0.15) is 17.3 Å². The first-order valence-electron chi connectivity index (χ1n) is 7.14. The highest BCUT2D eigenvalue weighted by Gasteiger charge is 2.09. The minimum Gasteiger partial charge on any atom is -0.399 e. The van der Waals surface area contributed by atoms with Crippen LogP contribution in [0.5, 0.6) is 0 Å². The summed E-state index contributed by atoms with van der Waals surface area (Å²) in [5.74, 6) is -0.562. The third kappa shape index (κ3) is 4.45. The van der Waals surface area contributed by atoms with E-state index in [1.807, 2.05) is 6.07 Å². The lowest BCUT2D eigenvalue weighted by Crippen LogP contribution is -2.14. The maximum absolute atomic E-state index is 12.1. The molecule has 0 heterocycles. The van der Waals surface area contributed by atoms with Crippen LogP contribution in [-0.2, 0) is 4.79 Å². The lowest BCUT2D eigenvalue weighted by atomic mass is 10.1. The van der Waals surface area contributed by atoms with Crippen LogP contribution in [0.2, 0.25) is 0 Å². The molecule has 0 saturated carbocycles. The van der Waals surface area contributed by atoms with E-state index in [0.29, 0.717) is 22.6 Å². The first-order valence-corrected chi connectivity index (χ1v) is 7.14. The number of nitrogens with one attached hydrogen (secondary N) is 2. The van der Waals surface area contributed by atoms with Gasteiger partial charge in [0.2, 0.25) is 0 Å². The predicted molar refractivity (Wildman–Crippen MR) is 93.2 cm³/mol. The summed E-state index contributed by atoms with van der Waals surface area (Å²) in [5.41, 5.74) is 7.87. The van der Waals surface area contributed by atoms with E-state index in [0.717, 1.165) is 0 Å². The number of nitrogen functional groups attached to an aromatic ring is 1. The molecule has 6 nitrogen and oxygen atoms in total. The van der Waals surface area contributed by atoms with Gasteiger partial charge in [-0.1, -0.05) is 0 Å². The van der Waals surface area contributed by atoms with Crippen molar-refractivity contribution in [3.63, 3.8) is 0 Å². The van der Waals surface area contributed by atoms with Gasteiger partial charge in [0, 0.05) is 28.8 Å². The topological polar surface area (TPSA) is 108 Å². The van der Waals surface area contributed by atoms with Crippen LogP contribution in [0.15, 0.2) is 60.3 Å². The Morgan fingerprint density at radius 3 is 2.17 bits per heavy atom. The van der Waals surface area contributed by atoms with Gasteiger partial charge < -0.3 is 16.4 Å². The Bertz CT molecular complexity index is 816. The van der Waals surface area contributed by atoms with E-state index in [4.69, 9.17) is 11.0 Å². The van der Waals surface area contributed by atoms with Crippen molar-refractivity contribution >= 4 is 28.8 Å². The number of nitriles is 1. The summed E-state index contributed by atoms with van der Waals surface area (Å²) < 4.78 is 0. The van der Waals surface area contributed by atoms with Gasteiger partial charge in [-0.05, 0) is 55.5 Å². The number of carbonyl (C=O) groups is 2. The molecule has 0 saturated heterocycles. The highest BCUT2D eigenvalue weighted by molar-refractivity contribution is 6.06. The molecule has 120 valence electrons. The Labute approximate surface area is 139 Å². The second-order valence-corrected chi connectivity index (χ2v) is 5.02. The van der Waals surface area contributed by atoms with Crippen LogP contribution in [0.3, 0.4) is 0 Å². The number of amides is 1. The van der Waals surface area contributed by atoms with Crippen molar-refractivity contribution in [3.05, 3.63) is 65.9 Å². The largest absolute Gasteiger partial charge is 0.399 e. The molecular formula is C18H16N4O2. The molecule has 0 aliphatic rings. The molecule has 6 heteroatoms. The van der Waals surface area contributed by atoms with Crippen molar-refractivity contribution in [2.75, 3.05) is 16.4 Å². The van der Waals surface area contributed by atoms with E-state index in [-0.39, 0.29) is 11.4 Å². The molecule has 4 N–H and O–H groups in total. The van der Waals surface area contributed by atoms with E-state index in [1.54, 1.807) is 48.5 Å². The highest BCUT2D eigenvalue weighted by Crippen LogP contribution is 2.13. The summed E-state index contributed by atoms with van der Waals surface area (Å²) >= 11 is 0. The number of hydrogen-bond donors (Lipinski definition) is 3. The fourth-order valence-electron chi connectivity index (χ4n) is 1.87. The van der Waals surface area contributed by atoms with Crippen molar-refractivity contribution < 1.29 is 9.59 Å². The van der Waals surface area contributed by atoms with E-state index in [1.165, 1.54) is 13.1 Å². The normalized spacial score (nSPS) is 10.6. The molecule has 1 amide bonds. The maximum Gasteiger partial charge on any atom is 0.267 e. The number of rotatable bonds is 5. The first kappa shape index (κ1) is 16.8. The second-order valence-electron chi connectivity index (χ2n) is 5.02. The van der Waals surface area contributed by atoms with Gasteiger partial charge >= 0.3 is 0 Å². The molecule has 0 aromatic heterocycles. The molecule has 2 aromatic rings. The van der Waals surface area contributed by atoms with Gasteiger partial charge in [0.05, 0.1) is 0 Å². The summed E-state index contributed by atoms with van der Waals surface area (Å²) in [4.78, 5) is 23.3. The van der Waals surface area contributed by atoms with Crippen LogP contribution < -0.4 is 16.4 Å². The average Bonchev–Trinajstić information content (AvgIpc) is 2.58. The van der Waals surface area contributed by atoms with Crippen molar-refractivity contribution in [2.45, 2.75) is 6.92 Å². The predicted octanol–water partition coefficient (Wildman–Crippen LogP) is 2.93. The summed E-state index contributed by atoms with van der Waals surface area (Å²) in [6, 6.07) is 15.2. The fraction of sp³-hybridized carbons (Fsp3) is 0.0556. The Kier molecular flexibility index (Phi) is 5.32. The smallest absolute Gasteiger partial charge is 0.267 e. The number of nitrogens with two attached hydrogens (primary N) is 1. The Balaban J connectivity index is 2.05. The van der Waals surface area contributed by atoms with Gasteiger partial charge in [-0.15, -0.1) is 0 Å². The number of Topliss-reactive ketones (excluding diaryl/α,β-unsaturated/α-hetero) is 1. The van der Waals surface area contributed by atoms with Gasteiger partial charge in [0.25, 0.3) is 5.91 Å². The Morgan fingerprint density at radius 2 is 1.62 bits per heavy atom. The summed E-state index contributed by atoms with van der Waals surface area (Å²) in [5, 5.41) is 14.6. The van der Waals surface area contributed by atoms with Gasteiger partial charge in [0.1, 0.15) is 11.6 Å². The summed E-state index contributed by atoms with van der Waals surface area (Å²) in [6.45, 7) is 1.48. The monoisotopic (exact) mass is 320 g/mol. The average molecular weight is 320 g/mol. The quantitative estimate of drug-likeness (QED) is 0.340. The zero-order valence-electron chi connectivity index (χ0n) is 13.0. The van der Waals surface area contributed by atoms with Crippen molar-refractivity contribution in [1.29, 1.82) is 5.26 Å². The molecule has 0 radical (unpaired) electrons. The number of ketones is 1. The molecule has 0 aliphatic heterocycles. The van der Waals surface area contributed by atoms with E-state index in [2.05, 4.69) is 10.6 Å². The molecule has 24 heavy (non-hydrogen) atoms. The van der Waals surface area contributed by atoms with Gasteiger partial charge in [0.15, 0.2) is 5.78 Å². The van der Waals surface area contributed by atoms with Crippen LogP contribution in [0.4, 0.5) is 17.1 Å². The van der Waals surface area contributed by atoms with Crippen molar-refractivity contribution in [1.82, 2.24) is 0 Å². The van der Waals surface area contributed by atoms with Crippen LogP contribution in [-0.4, -0.2) is 11.7 Å². The molecule has 0 unspecified atom stereocenters. The molecule has 0 bridgehead atoms. The van der Waals surface area contributed by atoms with Gasteiger partial charge in [-0.25, -0.2) is 0 Å². The zero-order chi connectivity index (χ0) is 17.5. The third-order valence-corrected chi connectivity index (χ3v) is 3.21. The molecule has 0 aliphatic carbocycles. The van der Waals surface area contributed by atoms with Crippen LogP contribution in [0.25, 0.3) is 0 Å². The number of anilines is 3. The number of benzene rings is 2. The fourth-order valence-corrected chi connectivity index (χ4v) is 1.87. The van der Waals surface area contributed by atoms with Crippen molar-refractivity contribution in [3.8, 4) is 6.07 Å². The first-order chi connectivity index (χ1) is 11.5. The second kappa shape index (κ2) is 7.61. The lowest BCUT2D eigenvalue weighted by Gasteiger charge is -2.06. The number of carbonyl (C=O) groups excluding carboxylic acids is 2. The molecule has 0 fully saturated rings. The van der Waals surface area contributed by atoms with Gasteiger partial charge in [-0.2, -0.15) is 5.26 Å². The van der Waals surface area contributed by atoms with Crippen molar-refractivity contribution in [2.24, 2.45) is 0 Å². The van der Waals surface area contributed by atoms with Crippen LogP contribution in [0, 0.1) is 11.3 Å². The van der Waals surface area contributed by atoms with E-state index >= 15 is 0 Å². The lowest BCUT2D eigenvalue weighted by molar-refractivity contribution is -0.112. The third-order valence-electron chi connectivity index (χ3n) is 3.21. The Hall–Kier alpha value is -3.59. The molecule has 0 atom stereocenters. The van der Waals surface area contributed by atoms with E-state index in [9.17, 15) is 9.59 Å². The standard InChI is InChI=1S/C18H16N4O2/c1-12(23)13-2-6-16(7-3-13)21-11-14(10-19)18(24)22-17-8-4-15(20)5-9-17/h2-9,11,21H,20H2,1H3,(H,22,24)/b14-11-. The number of nitrogens with zero attached hydrogens (tertiary/aromatic N) is 1. The molecule has 2 aromatic carbocycles. The van der Waals surface area contributed by atoms with Gasteiger partial charge in [-0.3, -0.25) is 9.59 Å². The molecule has 0 spiro atoms. The highest BCUT2D eigenvalue weighted by atomic mass is 16.1. The zero-order valence-corrected chi connectivity index (χ0v) is 13.0. The van der Waals surface area contributed by atoms with Crippen LogP contribution >= 0.6 is 0 Å². The number of hydrogen-bond acceptors (Lipinski definition) is 5. The summed E-state index contributed by atoms with van der Waals surface area (Å²) in [7, 11) is 0. The maximum atomic E-state index is 12.1. The molecular weight excluding hydrogens is 304 g/mol. The minimum atomic E-state index is -0.532. The van der Waals surface area contributed by atoms with E-state index < -0.39 is 5.91 Å². The Morgan fingerprint density at radius 1 is 1.04 bits per heavy atom.